The highest BCUT2D eigenvalue weighted by Crippen LogP contribution is 2.31. The summed E-state index contributed by atoms with van der Waals surface area (Å²) in [5, 5.41) is 0. The Bertz CT molecular complexity index is 672. The zero-order valence-electron chi connectivity index (χ0n) is 12.1. The number of hydrogen-bond acceptors (Lipinski definition) is 4. The molecule has 0 aliphatic rings. The molecule has 118 valence electrons. The molecular weight excluding hydrogens is 297 g/mol. The Labute approximate surface area is 125 Å². The van der Waals surface area contributed by atoms with Gasteiger partial charge in [-0.2, -0.15) is 0 Å². The average molecular weight is 312 g/mol. The van der Waals surface area contributed by atoms with E-state index in [4.69, 9.17) is 10.5 Å². The summed E-state index contributed by atoms with van der Waals surface area (Å²) in [4.78, 5) is 4.20. The molecule has 22 heavy (non-hydrogen) atoms. The number of aromatic nitrogens is 1. The van der Waals surface area contributed by atoms with Gasteiger partial charge in [0, 0.05) is 16.9 Å². The number of halogens is 3. The normalized spacial score (nSPS) is 11.3. The monoisotopic (exact) mass is 312 g/mol. The molecular formula is C15H15F3N2O2. The minimum Gasteiger partial charge on any atom is -0.472 e. The predicted molar refractivity (Wildman–Crippen MR) is 75.6 cm³/mol. The van der Waals surface area contributed by atoms with Gasteiger partial charge in [-0.05, 0) is 32.0 Å². The van der Waals surface area contributed by atoms with Crippen molar-refractivity contribution in [1.82, 2.24) is 4.98 Å². The van der Waals surface area contributed by atoms with Crippen LogP contribution in [0, 0.1) is 13.8 Å². The second-order valence-corrected chi connectivity index (χ2v) is 4.74. The van der Waals surface area contributed by atoms with E-state index in [2.05, 4.69) is 9.72 Å². The van der Waals surface area contributed by atoms with Crippen LogP contribution in [0.1, 0.15) is 16.8 Å². The maximum absolute atomic E-state index is 12.4. The number of benzene rings is 1. The molecule has 0 amide bonds. The van der Waals surface area contributed by atoms with Crippen molar-refractivity contribution in [3.63, 3.8) is 0 Å². The minimum absolute atomic E-state index is 0.127. The molecule has 4 nitrogen and oxygen atoms in total. The van der Waals surface area contributed by atoms with E-state index >= 15 is 0 Å². The molecule has 2 N–H and O–H groups in total. The number of nitrogens with zero attached hydrogens (tertiary/aromatic N) is 1. The number of hydrogen-bond donors (Lipinski definition) is 1. The highest BCUT2D eigenvalue weighted by atomic mass is 19.4. The molecule has 2 aromatic rings. The zero-order valence-corrected chi connectivity index (χ0v) is 12.1. The van der Waals surface area contributed by atoms with Crippen molar-refractivity contribution in [2.24, 2.45) is 0 Å². The van der Waals surface area contributed by atoms with Crippen molar-refractivity contribution in [3.05, 3.63) is 47.2 Å². The SMILES string of the molecule is Cc1ccc(C)c(OCc2c(N)cccc2OC(F)(F)F)n1. The second kappa shape index (κ2) is 6.13. The maximum Gasteiger partial charge on any atom is 0.573 e. The summed E-state index contributed by atoms with van der Waals surface area (Å²) < 4.78 is 46.7. The van der Waals surface area contributed by atoms with E-state index in [1.165, 1.54) is 18.2 Å². The Morgan fingerprint density at radius 3 is 2.55 bits per heavy atom. The summed E-state index contributed by atoms with van der Waals surface area (Å²) in [5.74, 6) is -0.0287. The van der Waals surface area contributed by atoms with Gasteiger partial charge in [-0.1, -0.05) is 12.1 Å². The fraction of sp³-hybridized carbons (Fsp3) is 0.267. The quantitative estimate of drug-likeness (QED) is 0.873. The van der Waals surface area contributed by atoms with E-state index in [1.54, 1.807) is 13.8 Å². The molecule has 0 bridgehead atoms. The van der Waals surface area contributed by atoms with Crippen LogP contribution in [-0.4, -0.2) is 11.3 Å². The number of nitrogens with two attached hydrogens (primary N) is 1. The molecule has 0 unspecified atom stereocenters. The number of pyridine rings is 1. The summed E-state index contributed by atoms with van der Waals surface area (Å²) in [7, 11) is 0. The van der Waals surface area contributed by atoms with Crippen LogP contribution in [0.5, 0.6) is 11.6 Å². The van der Waals surface area contributed by atoms with E-state index in [0.717, 1.165) is 11.3 Å². The van der Waals surface area contributed by atoms with Gasteiger partial charge >= 0.3 is 6.36 Å². The zero-order chi connectivity index (χ0) is 16.3. The molecule has 1 heterocycles. The first-order valence-corrected chi connectivity index (χ1v) is 6.46. The average Bonchev–Trinajstić information content (AvgIpc) is 2.40. The third kappa shape index (κ3) is 4.03. The molecule has 0 radical (unpaired) electrons. The smallest absolute Gasteiger partial charge is 0.472 e. The van der Waals surface area contributed by atoms with Crippen LogP contribution in [0.25, 0.3) is 0 Å². The predicted octanol–water partition coefficient (Wildman–Crippen LogP) is 3.76. The molecule has 0 aliphatic carbocycles. The lowest BCUT2D eigenvalue weighted by atomic mass is 10.1. The highest BCUT2D eigenvalue weighted by molar-refractivity contribution is 5.54. The fourth-order valence-corrected chi connectivity index (χ4v) is 1.85. The molecule has 0 fully saturated rings. The van der Waals surface area contributed by atoms with Crippen LogP contribution in [0.4, 0.5) is 18.9 Å². The topological polar surface area (TPSA) is 57.4 Å². The molecule has 0 aliphatic heterocycles. The molecule has 1 aromatic heterocycles. The van der Waals surface area contributed by atoms with E-state index in [-0.39, 0.29) is 23.6 Å². The van der Waals surface area contributed by atoms with Crippen LogP contribution >= 0.6 is 0 Å². The van der Waals surface area contributed by atoms with Crippen molar-refractivity contribution in [2.45, 2.75) is 26.8 Å². The first-order chi connectivity index (χ1) is 10.3. The summed E-state index contributed by atoms with van der Waals surface area (Å²) in [5.41, 5.74) is 7.53. The van der Waals surface area contributed by atoms with Gasteiger partial charge in [-0.25, -0.2) is 4.98 Å². The van der Waals surface area contributed by atoms with E-state index in [1.807, 2.05) is 12.1 Å². The summed E-state index contributed by atoms with van der Waals surface area (Å²) >= 11 is 0. The van der Waals surface area contributed by atoms with E-state index in [9.17, 15) is 13.2 Å². The lowest BCUT2D eigenvalue weighted by Gasteiger charge is -2.16. The van der Waals surface area contributed by atoms with Gasteiger partial charge in [0.05, 0.1) is 5.56 Å². The van der Waals surface area contributed by atoms with Crippen molar-refractivity contribution in [2.75, 3.05) is 5.73 Å². The van der Waals surface area contributed by atoms with Crippen molar-refractivity contribution in [1.29, 1.82) is 0 Å². The third-order valence-corrected chi connectivity index (χ3v) is 2.94. The first-order valence-electron chi connectivity index (χ1n) is 6.46. The Hall–Kier alpha value is -2.44. The lowest BCUT2D eigenvalue weighted by Crippen LogP contribution is -2.19. The molecule has 7 heteroatoms. The molecule has 0 saturated carbocycles. The number of ether oxygens (including phenoxy) is 2. The summed E-state index contributed by atoms with van der Waals surface area (Å²) in [6.07, 6.45) is -4.79. The van der Waals surface area contributed by atoms with Crippen LogP contribution in [0.2, 0.25) is 0 Å². The molecule has 0 atom stereocenters. The van der Waals surface area contributed by atoms with E-state index < -0.39 is 6.36 Å². The first kappa shape index (κ1) is 15.9. The maximum atomic E-state index is 12.4. The number of nitrogen functional groups attached to an aromatic ring is 1. The van der Waals surface area contributed by atoms with Gasteiger partial charge in [-0.3, -0.25) is 0 Å². The van der Waals surface area contributed by atoms with Crippen LogP contribution in [-0.2, 0) is 6.61 Å². The largest absolute Gasteiger partial charge is 0.573 e. The second-order valence-electron chi connectivity index (χ2n) is 4.74. The van der Waals surface area contributed by atoms with Crippen molar-refractivity contribution in [3.8, 4) is 11.6 Å². The minimum atomic E-state index is -4.79. The molecule has 2 rings (SSSR count). The summed E-state index contributed by atoms with van der Waals surface area (Å²) in [6.45, 7) is 3.42. The van der Waals surface area contributed by atoms with Crippen LogP contribution in [0.3, 0.4) is 0 Å². The van der Waals surface area contributed by atoms with Gasteiger partial charge < -0.3 is 15.2 Å². The Kier molecular flexibility index (Phi) is 4.44. The van der Waals surface area contributed by atoms with Gasteiger partial charge in [0.2, 0.25) is 5.88 Å². The Morgan fingerprint density at radius 1 is 1.14 bits per heavy atom. The summed E-state index contributed by atoms with van der Waals surface area (Å²) in [6, 6.07) is 7.70. The van der Waals surface area contributed by atoms with E-state index in [0.29, 0.717) is 5.88 Å². The van der Waals surface area contributed by atoms with Crippen LogP contribution in [0.15, 0.2) is 30.3 Å². The fourth-order valence-electron chi connectivity index (χ4n) is 1.85. The van der Waals surface area contributed by atoms with Gasteiger partial charge in [0.25, 0.3) is 0 Å². The molecule has 0 spiro atoms. The highest BCUT2D eigenvalue weighted by Gasteiger charge is 2.32. The number of rotatable bonds is 4. The molecule has 1 aromatic carbocycles. The Morgan fingerprint density at radius 2 is 1.86 bits per heavy atom. The van der Waals surface area contributed by atoms with Crippen LogP contribution < -0.4 is 15.2 Å². The number of anilines is 1. The van der Waals surface area contributed by atoms with Crippen molar-refractivity contribution >= 4 is 5.69 Å². The Balaban J connectivity index is 2.24. The standard InChI is InChI=1S/C15H15F3N2O2/c1-9-6-7-10(2)20-14(9)21-8-11-12(19)4-3-5-13(11)22-15(16,17)18/h3-7H,8,19H2,1-2H3. The number of aryl methyl sites for hydroxylation is 2. The van der Waals surface area contributed by atoms with Gasteiger partial charge in [0.1, 0.15) is 12.4 Å². The van der Waals surface area contributed by atoms with Gasteiger partial charge in [-0.15, -0.1) is 13.2 Å². The van der Waals surface area contributed by atoms with Gasteiger partial charge in [0.15, 0.2) is 0 Å². The molecule has 0 saturated heterocycles. The lowest BCUT2D eigenvalue weighted by molar-refractivity contribution is -0.275. The third-order valence-electron chi connectivity index (χ3n) is 2.94. The van der Waals surface area contributed by atoms with Crippen molar-refractivity contribution < 1.29 is 22.6 Å². The number of alkyl halides is 3.